The zero-order chi connectivity index (χ0) is 20.6. The molecule has 0 N–H and O–H groups in total. The van der Waals surface area contributed by atoms with Crippen LogP contribution < -0.4 is 4.74 Å². The molecule has 3 rings (SSSR count). The molecule has 0 unspecified atom stereocenters. The van der Waals surface area contributed by atoms with Crippen molar-refractivity contribution in [3.05, 3.63) is 29.8 Å². The second-order valence-electron chi connectivity index (χ2n) is 7.34. The monoisotopic (exact) mass is 406 g/mol. The number of amides is 2. The van der Waals surface area contributed by atoms with Crippen LogP contribution in [0.25, 0.3) is 0 Å². The fraction of sp³-hybridized carbons (Fsp3) is 0.619. The van der Waals surface area contributed by atoms with Crippen molar-refractivity contribution in [1.82, 2.24) is 9.80 Å². The number of carbonyl (C=O) groups is 2. The van der Waals surface area contributed by atoms with Gasteiger partial charge in [0.25, 0.3) is 5.91 Å². The molecule has 8 nitrogen and oxygen atoms in total. The van der Waals surface area contributed by atoms with Crippen molar-refractivity contribution in [2.75, 3.05) is 60.2 Å². The molecular weight excluding hydrogens is 376 g/mol. The van der Waals surface area contributed by atoms with Crippen molar-refractivity contribution in [1.29, 1.82) is 0 Å². The first-order valence-corrected chi connectivity index (χ1v) is 10.0. The molecule has 0 radical (unpaired) electrons. The quantitative estimate of drug-likeness (QED) is 0.646. The number of rotatable bonds is 8. The third kappa shape index (κ3) is 5.91. The van der Waals surface area contributed by atoms with Gasteiger partial charge in [0.05, 0.1) is 25.9 Å². The zero-order valence-corrected chi connectivity index (χ0v) is 17.2. The Morgan fingerprint density at radius 2 is 1.83 bits per heavy atom. The van der Waals surface area contributed by atoms with Gasteiger partial charge in [-0.15, -0.1) is 0 Å². The topological polar surface area (TPSA) is 77.5 Å². The Bertz CT molecular complexity index is 674. The van der Waals surface area contributed by atoms with E-state index in [4.69, 9.17) is 18.9 Å². The maximum atomic E-state index is 13.2. The second-order valence-corrected chi connectivity index (χ2v) is 7.34. The van der Waals surface area contributed by atoms with Gasteiger partial charge in [0, 0.05) is 45.5 Å². The summed E-state index contributed by atoms with van der Waals surface area (Å²) >= 11 is 0. The summed E-state index contributed by atoms with van der Waals surface area (Å²) in [4.78, 5) is 28.9. The van der Waals surface area contributed by atoms with Gasteiger partial charge in [0.2, 0.25) is 5.91 Å². The van der Waals surface area contributed by atoms with Crippen molar-refractivity contribution >= 4 is 11.8 Å². The number of ether oxygens (including phenoxy) is 4. The van der Waals surface area contributed by atoms with Gasteiger partial charge in [-0.05, 0) is 37.1 Å². The number of carbonyl (C=O) groups excluding carboxylic acids is 2. The predicted molar refractivity (Wildman–Crippen MR) is 106 cm³/mol. The number of hydrogen-bond acceptors (Lipinski definition) is 6. The number of nitrogens with zero attached hydrogens (tertiary/aromatic N) is 2. The SMILES string of the molecule is COCC(=O)N1CCO[C@@H](CN(C[C@H]2CCCO2)C(=O)c2ccc(OC)cc2)C1. The highest BCUT2D eigenvalue weighted by Crippen LogP contribution is 2.18. The van der Waals surface area contributed by atoms with E-state index in [1.165, 1.54) is 7.11 Å². The predicted octanol–water partition coefficient (Wildman–Crippen LogP) is 1.19. The molecule has 2 fully saturated rings. The van der Waals surface area contributed by atoms with Crippen LogP contribution in [0.5, 0.6) is 5.75 Å². The number of benzene rings is 1. The molecule has 0 aliphatic carbocycles. The minimum Gasteiger partial charge on any atom is -0.497 e. The lowest BCUT2D eigenvalue weighted by Gasteiger charge is -2.36. The lowest BCUT2D eigenvalue weighted by atomic mass is 10.1. The van der Waals surface area contributed by atoms with E-state index in [-0.39, 0.29) is 30.6 Å². The van der Waals surface area contributed by atoms with Gasteiger partial charge in [0.1, 0.15) is 12.4 Å². The van der Waals surface area contributed by atoms with Crippen molar-refractivity contribution in [2.24, 2.45) is 0 Å². The molecule has 2 saturated heterocycles. The summed E-state index contributed by atoms with van der Waals surface area (Å²) in [7, 11) is 3.10. The van der Waals surface area contributed by atoms with Crippen LogP contribution in [-0.2, 0) is 19.0 Å². The van der Waals surface area contributed by atoms with E-state index in [1.807, 2.05) is 0 Å². The standard InChI is InChI=1S/C21H30N2O6/c1-26-15-20(24)22-9-11-29-19(13-22)14-23(12-18-4-3-10-28-18)21(25)16-5-7-17(27-2)8-6-16/h5-8,18-19H,3-4,9-15H2,1-2H3/t18-,19-/m1/s1. The highest BCUT2D eigenvalue weighted by molar-refractivity contribution is 5.94. The molecule has 0 aromatic heterocycles. The minimum atomic E-state index is -0.242. The average molecular weight is 406 g/mol. The van der Waals surface area contributed by atoms with E-state index in [1.54, 1.807) is 41.2 Å². The van der Waals surface area contributed by atoms with Crippen LogP contribution in [0.2, 0.25) is 0 Å². The first-order valence-electron chi connectivity index (χ1n) is 10.0. The molecule has 1 aromatic rings. The van der Waals surface area contributed by atoms with E-state index in [0.29, 0.717) is 44.1 Å². The molecule has 2 atom stereocenters. The molecule has 0 saturated carbocycles. The molecule has 2 heterocycles. The zero-order valence-electron chi connectivity index (χ0n) is 17.2. The third-order valence-electron chi connectivity index (χ3n) is 5.26. The van der Waals surface area contributed by atoms with E-state index in [2.05, 4.69) is 0 Å². The largest absolute Gasteiger partial charge is 0.497 e. The van der Waals surface area contributed by atoms with E-state index in [0.717, 1.165) is 19.4 Å². The van der Waals surface area contributed by atoms with Crippen LogP contribution in [-0.4, -0.2) is 94.0 Å². The van der Waals surface area contributed by atoms with E-state index >= 15 is 0 Å². The molecule has 1 aromatic carbocycles. The summed E-state index contributed by atoms with van der Waals surface area (Å²) in [6.45, 7) is 3.13. The van der Waals surface area contributed by atoms with Gasteiger partial charge >= 0.3 is 0 Å². The summed E-state index contributed by atoms with van der Waals surface area (Å²) < 4.78 is 21.7. The third-order valence-corrected chi connectivity index (χ3v) is 5.26. The highest BCUT2D eigenvalue weighted by atomic mass is 16.5. The molecule has 2 aliphatic rings. The first-order chi connectivity index (χ1) is 14.1. The smallest absolute Gasteiger partial charge is 0.254 e. The van der Waals surface area contributed by atoms with Gasteiger partial charge in [-0.2, -0.15) is 0 Å². The lowest BCUT2D eigenvalue weighted by molar-refractivity contribution is -0.143. The maximum absolute atomic E-state index is 13.2. The molecule has 2 aliphatic heterocycles. The van der Waals surface area contributed by atoms with E-state index in [9.17, 15) is 9.59 Å². The average Bonchev–Trinajstić information content (AvgIpc) is 3.26. The van der Waals surface area contributed by atoms with Crippen LogP contribution in [0.3, 0.4) is 0 Å². The summed E-state index contributed by atoms with van der Waals surface area (Å²) in [5, 5.41) is 0. The van der Waals surface area contributed by atoms with Gasteiger partial charge in [-0.1, -0.05) is 0 Å². The number of methoxy groups -OCH3 is 2. The second kappa shape index (κ2) is 10.6. The maximum Gasteiger partial charge on any atom is 0.254 e. The summed E-state index contributed by atoms with van der Waals surface area (Å²) in [5.74, 6) is 0.565. The summed E-state index contributed by atoms with van der Waals surface area (Å²) in [6.07, 6.45) is 1.74. The van der Waals surface area contributed by atoms with Crippen LogP contribution in [0.1, 0.15) is 23.2 Å². The molecule has 0 bridgehead atoms. The van der Waals surface area contributed by atoms with Gasteiger partial charge in [-0.3, -0.25) is 9.59 Å². The fourth-order valence-electron chi connectivity index (χ4n) is 3.71. The Labute approximate surface area is 171 Å². The Morgan fingerprint density at radius 3 is 2.48 bits per heavy atom. The highest BCUT2D eigenvalue weighted by Gasteiger charge is 2.30. The first kappa shape index (κ1) is 21.5. The number of morpholine rings is 1. The minimum absolute atomic E-state index is 0.0343. The van der Waals surface area contributed by atoms with Crippen LogP contribution >= 0.6 is 0 Å². The normalized spacial score (nSPS) is 21.8. The molecule has 8 heteroatoms. The number of hydrogen-bond donors (Lipinski definition) is 0. The Balaban J connectivity index is 1.68. The van der Waals surface area contributed by atoms with Crippen molar-refractivity contribution < 1.29 is 28.5 Å². The van der Waals surface area contributed by atoms with E-state index < -0.39 is 0 Å². The van der Waals surface area contributed by atoms with Gasteiger partial charge < -0.3 is 28.7 Å². The molecule has 2 amide bonds. The summed E-state index contributed by atoms with van der Waals surface area (Å²) in [5.41, 5.74) is 0.590. The van der Waals surface area contributed by atoms with Crippen LogP contribution in [0.4, 0.5) is 0 Å². The van der Waals surface area contributed by atoms with Crippen molar-refractivity contribution in [3.8, 4) is 5.75 Å². The van der Waals surface area contributed by atoms with Crippen LogP contribution in [0.15, 0.2) is 24.3 Å². The Kier molecular flexibility index (Phi) is 7.85. The summed E-state index contributed by atoms with van der Waals surface area (Å²) in [6, 6.07) is 7.08. The lowest BCUT2D eigenvalue weighted by Crippen LogP contribution is -2.52. The Hall–Kier alpha value is -2.16. The fourth-order valence-corrected chi connectivity index (χ4v) is 3.71. The van der Waals surface area contributed by atoms with Crippen molar-refractivity contribution in [3.63, 3.8) is 0 Å². The molecule has 160 valence electrons. The van der Waals surface area contributed by atoms with Crippen LogP contribution in [0, 0.1) is 0 Å². The van der Waals surface area contributed by atoms with Crippen molar-refractivity contribution in [2.45, 2.75) is 25.0 Å². The molecular formula is C21H30N2O6. The Morgan fingerprint density at radius 1 is 1.10 bits per heavy atom. The van der Waals surface area contributed by atoms with Gasteiger partial charge in [0.15, 0.2) is 0 Å². The van der Waals surface area contributed by atoms with Gasteiger partial charge in [-0.25, -0.2) is 0 Å². The molecule has 29 heavy (non-hydrogen) atoms. The molecule has 0 spiro atoms.